The summed E-state index contributed by atoms with van der Waals surface area (Å²) in [6.07, 6.45) is 2.07. The van der Waals surface area contributed by atoms with Crippen LogP contribution < -0.4 is 15.0 Å². The summed E-state index contributed by atoms with van der Waals surface area (Å²) in [5.74, 6) is -0.931. The molecular formula is C28H33ClFN3O5S2. The molecular weight excluding hydrogens is 577 g/mol. The van der Waals surface area contributed by atoms with Gasteiger partial charge < -0.3 is 4.57 Å². The maximum atomic E-state index is 13.8. The number of nitrogens with one attached hydrogen (secondary N) is 2. The number of aryl methyl sites for hydroxylation is 1. The zero-order chi connectivity index (χ0) is 29.9. The van der Waals surface area contributed by atoms with Crippen molar-refractivity contribution >= 4 is 39.6 Å². The Balaban J connectivity index is 2.35. The molecule has 0 fully saturated rings. The van der Waals surface area contributed by atoms with Gasteiger partial charge in [-0.2, -0.15) is 0 Å². The van der Waals surface area contributed by atoms with Gasteiger partial charge in [-0.25, -0.2) is 22.3 Å². The second-order valence-electron chi connectivity index (χ2n) is 10.4. The highest BCUT2D eigenvalue weighted by molar-refractivity contribution is 7.84. The zero-order valence-corrected chi connectivity index (χ0v) is 25.5. The molecule has 4 atom stereocenters. The summed E-state index contributed by atoms with van der Waals surface area (Å²) in [5.41, 5.74) is 1.98. The normalized spacial score (nSPS) is 14.9. The molecule has 3 aromatic rings. The number of hydrogen-bond acceptors (Lipinski definition) is 4. The SMILES string of the molecule is CC[C@H](NS(=O)C(C)(C)C)c1cc(=O)n(C)cc1-c1cc(C(C)NS(=O)O)c(Cl)cc1C(=O)c1ccc(F)cc1. The Bertz CT molecular complexity index is 1520. The molecule has 8 nitrogen and oxygen atoms in total. The molecule has 216 valence electrons. The van der Waals surface area contributed by atoms with Gasteiger partial charge in [0.15, 0.2) is 5.78 Å². The van der Waals surface area contributed by atoms with Crippen LogP contribution in [0.3, 0.4) is 0 Å². The monoisotopic (exact) mass is 609 g/mol. The maximum absolute atomic E-state index is 13.8. The molecule has 1 aromatic heterocycles. The van der Waals surface area contributed by atoms with Crippen molar-refractivity contribution in [3.05, 3.63) is 92.1 Å². The predicted molar refractivity (Wildman–Crippen MR) is 158 cm³/mol. The van der Waals surface area contributed by atoms with Crippen LogP contribution in [-0.4, -0.2) is 28.1 Å². The van der Waals surface area contributed by atoms with Gasteiger partial charge in [-0.1, -0.05) is 18.5 Å². The van der Waals surface area contributed by atoms with Crippen LogP contribution in [0.4, 0.5) is 4.39 Å². The molecule has 0 saturated heterocycles. The topological polar surface area (TPSA) is 118 Å². The Morgan fingerprint density at radius 1 is 1.07 bits per heavy atom. The molecule has 3 unspecified atom stereocenters. The molecule has 0 aliphatic heterocycles. The summed E-state index contributed by atoms with van der Waals surface area (Å²) >= 11 is 4.25. The molecule has 0 saturated carbocycles. The summed E-state index contributed by atoms with van der Waals surface area (Å²) in [7, 11) is 0.111. The van der Waals surface area contributed by atoms with Crippen molar-refractivity contribution < 1.29 is 22.2 Å². The first kappa shape index (κ1) is 32.0. The molecule has 12 heteroatoms. The van der Waals surface area contributed by atoms with E-state index in [1.165, 1.54) is 41.0 Å². The number of hydrogen-bond donors (Lipinski definition) is 3. The number of nitrogens with zero attached hydrogens (tertiary/aromatic N) is 1. The van der Waals surface area contributed by atoms with Crippen LogP contribution in [0.2, 0.25) is 5.02 Å². The molecule has 0 spiro atoms. The van der Waals surface area contributed by atoms with Gasteiger partial charge in [-0.15, -0.1) is 0 Å². The van der Waals surface area contributed by atoms with Crippen molar-refractivity contribution in [3.8, 4) is 11.1 Å². The van der Waals surface area contributed by atoms with Crippen molar-refractivity contribution in [1.29, 1.82) is 0 Å². The van der Waals surface area contributed by atoms with Gasteiger partial charge in [0.1, 0.15) is 5.82 Å². The molecule has 3 N–H and O–H groups in total. The molecule has 2 aromatic carbocycles. The molecule has 1 heterocycles. The highest BCUT2D eigenvalue weighted by Crippen LogP contribution is 2.37. The lowest BCUT2D eigenvalue weighted by molar-refractivity contribution is 0.103. The number of benzene rings is 2. The van der Waals surface area contributed by atoms with Crippen molar-refractivity contribution in [2.24, 2.45) is 7.05 Å². The van der Waals surface area contributed by atoms with E-state index in [4.69, 9.17) is 11.6 Å². The van der Waals surface area contributed by atoms with Crippen molar-refractivity contribution in [1.82, 2.24) is 14.0 Å². The highest BCUT2D eigenvalue weighted by Gasteiger charge is 2.28. The van der Waals surface area contributed by atoms with Gasteiger partial charge in [0.2, 0.25) is 11.3 Å². The summed E-state index contributed by atoms with van der Waals surface area (Å²) in [4.78, 5) is 26.6. The van der Waals surface area contributed by atoms with E-state index in [0.29, 0.717) is 28.7 Å². The van der Waals surface area contributed by atoms with E-state index in [1.54, 1.807) is 26.2 Å². The Hall–Kier alpha value is -2.54. The number of rotatable bonds is 10. The van der Waals surface area contributed by atoms with Crippen LogP contribution in [0, 0.1) is 5.82 Å². The average molecular weight is 610 g/mol. The lowest BCUT2D eigenvalue weighted by Crippen LogP contribution is -2.36. The van der Waals surface area contributed by atoms with Crippen LogP contribution in [0.15, 0.2) is 53.5 Å². The molecule has 40 heavy (non-hydrogen) atoms. The minimum absolute atomic E-state index is 0.171. The van der Waals surface area contributed by atoms with Crippen LogP contribution in [0.1, 0.15) is 80.2 Å². The first-order chi connectivity index (χ1) is 18.6. The smallest absolute Gasteiger partial charge is 0.250 e. The van der Waals surface area contributed by atoms with E-state index in [9.17, 15) is 27.0 Å². The first-order valence-corrected chi connectivity index (χ1v) is 15.2. The Labute approximate surface area is 243 Å². The fourth-order valence-corrected chi connectivity index (χ4v) is 5.80. The van der Waals surface area contributed by atoms with Gasteiger partial charge in [-0.05, 0) is 87.2 Å². The zero-order valence-electron chi connectivity index (χ0n) is 23.1. The lowest BCUT2D eigenvalue weighted by Gasteiger charge is -2.26. The minimum Gasteiger partial charge on any atom is -0.318 e. The van der Waals surface area contributed by atoms with E-state index >= 15 is 0 Å². The maximum Gasteiger partial charge on any atom is 0.250 e. The fraction of sp³-hybridized carbons (Fsp3) is 0.357. The molecule has 0 radical (unpaired) electrons. The van der Waals surface area contributed by atoms with Gasteiger partial charge in [0, 0.05) is 53.1 Å². The minimum atomic E-state index is -2.34. The Morgan fingerprint density at radius 3 is 2.25 bits per heavy atom. The van der Waals surface area contributed by atoms with Crippen LogP contribution in [0.25, 0.3) is 11.1 Å². The summed E-state index contributed by atoms with van der Waals surface area (Å²) in [6.45, 7) is 9.03. The van der Waals surface area contributed by atoms with E-state index in [2.05, 4.69) is 9.44 Å². The van der Waals surface area contributed by atoms with Crippen molar-refractivity contribution in [3.63, 3.8) is 0 Å². The molecule has 3 rings (SSSR count). The van der Waals surface area contributed by atoms with Crippen molar-refractivity contribution in [2.45, 2.75) is 57.9 Å². The Morgan fingerprint density at radius 2 is 1.70 bits per heavy atom. The largest absolute Gasteiger partial charge is 0.318 e. The van der Waals surface area contributed by atoms with E-state index in [0.717, 1.165) is 0 Å². The summed E-state index contributed by atoms with van der Waals surface area (Å²) in [5, 5.41) is 0.171. The lowest BCUT2D eigenvalue weighted by atomic mass is 9.88. The molecule has 0 aliphatic rings. The standard InChI is InChI=1S/C28H33ClFN3O5S2/c1-7-25(32-39(36)28(3,4)5)21-14-26(34)33(6)15-23(21)20-12-19(16(2)31-40(37)38)24(29)13-22(20)27(35)17-8-10-18(30)11-9-17/h8-16,25,31-32H,7H2,1-6H3,(H,37,38)/t16?,25-,39?/m0/s1. The van der Waals surface area contributed by atoms with E-state index < -0.39 is 50.7 Å². The second-order valence-corrected chi connectivity index (χ2v) is 13.5. The quantitative estimate of drug-likeness (QED) is 0.211. The first-order valence-electron chi connectivity index (χ1n) is 12.5. The van der Waals surface area contributed by atoms with Gasteiger partial charge in [0.05, 0.1) is 15.7 Å². The number of aromatic nitrogens is 1. The number of carbonyl (C=O) groups excluding carboxylic acids is 1. The van der Waals surface area contributed by atoms with Gasteiger partial charge in [0.25, 0.3) is 5.56 Å². The number of carbonyl (C=O) groups is 1. The van der Waals surface area contributed by atoms with Crippen LogP contribution >= 0.6 is 11.6 Å². The molecule has 0 amide bonds. The third kappa shape index (κ3) is 7.39. The Kier molecular flexibility index (Phi) is 10.4. The summed E-state index contributed by atoms with van der Waals surface area (Å²) in [6, 6.07) is 8.45. The van der Waals surface area contributed by atoms with Gasteiger partial charge in [-0.3, -0.25) is 14.1 Å². The molecule has 0 aliphatic carbocycles. The van der Waals surface area contributed by atoms with Gasteiger partial charge >= 0.3 is 0 Å². The predicted octanol–water partition coefficient (Wildman–Crippen LogP) is 5.37. The highest BCUT2D eigenvalue weighted by atomic mass is 35.5. The fourth-order valence-electron chi connectivity index (χ4n) is 4.13. The number of ketones is 1. The second kappa shape index (κ2) is 13.0. The van der Waals surface area contributed by atoms with E-state index in [-0.39, 0.29) is 21.7 Å². The summed E-state index contributed by atoms with van der Waals surface area (Å²) < 4.78 is 53.9. The third-order valence-electron chi connectivity index (χ3n) is 6.37. The average Bonchev–Trinajstić information content (AvgIpc) is 2.87. The molecule has 0 bridgehead atoms. The van der Waals surface area contributed by atoms with Crippen LogP contribution in [-0.2, 0) is 29.3 Å². The van der Waals surface area contributed by atoms with Crippen LogP contribution in [0.5, 0.6) is 0 Å². The third-order valence-corrected chi connectivity index (χ3v) is 8.87. The van der Waals surface area contributed by atoms with E-state index in [1.807, 2.05) is 27.7 Å². The number of halogens is 2. The van der Waals surface area contributed by atoms with Crippen molar-refractivity contribution in [2.75, 3.05) is 0 Å². The number of pyridine rings is 1.